The Kier molecular flexibility index (Phi) is 8.03. The number of hydrogen-bond acceptors (Lipinski definition) is 8. The number of carbonyl (C=O) groups excluding carboxylic acids is 1. The first-order chi connectivity index (χ1) is 19.2. The van der Waals surface area contributed by atoms with Gasteiger partial charge in [-0.1, -0.05) is 42.5 Å². The molecule has 0 fully saturated rings. The summed E-state index contributed by atoms with van der Waals surface area (Å²) in [5.74, 6) is -0.952. The van der Waals surface area contributed by atoms with Crippen molar-refractivity contribution in [2.45, 2.75) is 30.4 Å². The first-order valence-corrected chi connectivity index (χ1v) is 11.8. The van der Waals surface area contributed by atoms with Crippen LogP contribution < -0.4 is 16.2 Å². The van der Waals surface area contributed by atoms with Gasteiger partial charge in [-0.05, 0) is 24.1 Å². The average molecular weight is 580 g/mol. The summed E-state index contributed by atoms with van der Waals surface area (Å²) in [6.45, 7) is -0.575. The Morgan fingerprint density at radius 2 is 1.68 bits per heavy atom. The van der Waals surface area contributed by atoms with Gasteiger partial charge in [0.15, 0.2) is 5.69 Å². The van der Waals surface area contributed by atoms with E-state index in [2.05, 4.69) is 15.1 Å². The Morgan fingerprint density at radius 1 is 1.00 bits per heavy atom. The van der Waals surface area contributed by atoms with Crippen molar-refractivity contribution in [3.63, 3.8) is 0 Å². The molecule has 4 aromatic rings. The van der Waals surface area contributed by atoms with Crippen LogP contribution in [0.3, 0.4) is 0 Å². The van der Waals surface area contributed by atoms with Crippen LogP contribution in [0.2, 0.25) is 0 Å². The minimum absolute atomic E-state index is 0.0287. The number of aliphatic hydroxyl groups excluding tert-OH is 1. The van der Waals surface area contributed by atoms with E-state index in [4.69, 9.17) is 16.2 Å². The molecule has 0 amide bonds. The van der Waals surface area contributed by atoms with Crippen molar-refractivity contribution in [2.75, 3.05) is 12.3 Å². The Labute approximate surface area is 228 Å². The van der Waals surface area contributed by atoms with E-state index in [1.165, 1.54) is 18.2 Å². The van der Waals surface area contributed by atoms with Crippen LogP contribution in [0.5, 0.6) is 5.88 Å². The van der Waals surface area contributed by atoms with Crippen LogP contribution in [0.25, 0.3) is 16.9 Å². The van der Waals surface area contributed by atoms with E-state index in [0.717, 1.165) is 18.3 Å². The maximum Gasteiger partial charge on any atom is 0.435 e. The minimum Gasteiger partial charge on any atom is -0.459 e. The first kappa shape index (κ1) is 29.5. The van der Waals surface area contributed by atoms with Gasteiger partial charge in [-0.2, -0.15) is 36.4 Å². The molecule has 0 aliphatic heterocycles. The Balaban J connectivity index is 1.67. The number of nitrogens with two attached hydrogens (primary N) is 2. The molecule has 4 rings (SSSR count). The molecule has 15 heteroatoms. The zero-order valence-corrected chi connectivity index (χ0v) is 20.9. The van der Waals surface area contributed by atoms with Crippen LogP contribution in [0, 0.1) is 0 Å². The van der Waals surface area contributed by atoms with Gasteiger partial charge in [0.05, 0.1) is 23.5 Å². The molecule has 0 radical (unpaired) electrons. The predicted octanol–water partition coefficient (Wildman–Crippen LogP) is 4.04. The summed E-state index contributed by atoms with van der Waals surface area (Å²) in [6, 6.07) is 12.9. The number of para-hydroxylation sites is 1. The van der Waals surface area contributed by atoms with Crippen molar-refractivity contribution in [3.05, 3.63) is 83.7 Å². The van der Waals surface area contributed by atoms with Crippen molar-refractivity contribution >= 4 is 12.2 Å². The van der Waals surface area contributed by atoms with E-state index in [-0.39, 0.29) is 17.8 Å². The lowest BCUT2D eigenvalue weighted by molar-refractivity contribution is -0.198. The van der Waals surface area contributed by atoms with Crippen molar-refractivity contribution in [2.24, 2.45) is 5.73 Å². The molecule has 0 saturated heterocycles. The molecule has 0 aliphatic carbocycles. The monoisotopic (exact) mass is 580 g/mol. The fourth-order valence-corrected chi connectivity index (χ4v) is 3.91. The van der Waals surface area contributed by atoms with Gasteiger partial charge in [-0.3, -0.25) is 0 Å². The number of rotatable bonds is 9. The predicted molar refractivity (Wildman–Crippen MR) is 134 cm³/mol. The molecule has 41 heavy (non-hydrogen) atoms. The number of ether oxygens (including phenoxy) is 1. The second-order valence-electron chi connectivity index (χ2n) is 9.07. The molecule has 216 valence electrons. The third-order valence-electron chi connectivity index (χ3n) is 5.91. The van der Waals surface area contributed by atoms with Gasteiger partial charge in [0, 0.05) is 23.4 Å². The molecule has 5 N–H and O–H groups in total. The normalized spacial score (nSPS) is 14.3. The number of nitrogens with zero attached hydrogens (tertiary/aromatic N) is 4. The summed E-state index contributed by atoms with van der Waals surface area (Å²) < 4.78 is 88.0. The SMILES string of the molecule is Nc1nc(OC(c2ccccc2-n2ccc(C(F)(F)F)n2)C(F)(F)F)cc(-c2ccc(CC(N)(C=O)CO)cc2)n1. The molecule has 2 heterocycles. The van der Waals surface area contributed by atoms with E-state index < -0.39 is 53.7 Å². The Hall–Kier alpha value is -4.50. The highest BCUT2D eigenvalue weighted by Gasteiger charge is 2.45. The number of alkyl halides is 6. The molecular weight excluding hydrogens is 558 g/mol. The number of aromatic nitrogens is 4. The molecule has 0 aliphatic rings. The molecular formula is C26H22F6N6O3. The maximum atomic E-state index is 14.3. The number of aliphatic hydroxyl groups is 1. The average Bonchev–Trinajstić information content (AvgIpc) is 3.42. The molecule has 2 unspecified atom stereocenters. The van der Waals surface area contributed by atoms with Gasteiger partial charge >= 0.3 is 12.4 Å². The lowest BCUT2D eigenvalue weighted by Crippen LogP contribution is -2.47. The van der Waals surface area contributed by atoms with E-state index in [1.54, 1.807) is 24.3 Å². The number of carbonyl (C=O) groups is 1. The number of aldehydes is 1. The largest absolute Gasteiger partial charge is 0.459 e. The summed E-state index contributed by atoms with van der Waals surface area (Å²) in [5, 5.41) is 12.7. The summed E-state index contributed by atoms with van der Waals surface area (Å²) in [6.07, 6.45) is -11.1. The Morgan fingerprint density at radius 3 is 2.27 bits per heavy atom. The van der Waals surface area contributed by atoms with Crippen LogP contribution in [0.4, 0.5) is 32.3 Å². The molecule has 2 atom stereocenters. The van der Waals surface area contributed by atoms with Crippen LogP contribution in [0.15, 0.2) is 66.9 Å². The van der Waals surface area contributed by atoms with Crippen LogP contribution in [0.1, 0.15) is 22.9 Å². The van der Waals surface area contributed by atoms with Gasteiger partial charge in [-0.15, -0.1) is 0 Å². The van der Waals surface area contributed by atoms with E-state index in [1.807, 2.05) is 0 Å². The first-order valence-electron chi connectivity index (χ1n) is 11.8. The molecule has 0 saturated carbocycles. The molecule has 2 aromatic heterocycles. The number of anilines is 1. The summed E-state index contributed by atoms with van der Waals surface area (Å²) in [5.41, 5.74) is 9.07. The lowest BCUT2D eigenvalue weighted by atomic mass is 9.93. The topological polar surface area (TPSA) is 142 Å². The smallest absolute Gasteiger partial charge is 0.435 e. The molecule has 2 aromatic carbocycles. The van der Waals surface area contributed by atoms with Gasteiger partial charge in [0.1, 0.15) is 6.29 Å². The highest BCUT2D eigenvalue weighted by molar-refractivity contribution is 5.66. The second-order valence-corrected chi connectivity index (χ2v) is 9.07. The highest BCUT2D eigenvalue weighted by Crippen LogP contribution is 2.40. The lowest BCUT2D eigenvalue weighted by Gasteiger charge is -2.24. The molecule has 0 bridgehead atoms. The highest BCUT2D eigenvalue weighted by atomic mass is 19.4. The van der Waals surface area contributed by atoms with Crippen molar-refractivity contribution < 1.29 is 41.0 Å². The van der Waals surface area contributed by atoms with E-state index >= 15 is 0 Å². The zero-order valence-electron chi connectivity index (χ0n) is 20.9. The van der Waals surface area contributed by atoms with Gasteiger partial charge in [0.25, 0.3) is 0 Å². The Bertz CT molecular complexity index is 1520. The quantitative estimate of drug-likeness (QED) is 0.199. The van der Waals surface area contributed by atoms with Crippen molar-refractivity contribution in [3.8, 4) is 22.8 Å². The number of halogens is 6. The standard InChI is InChI=1S/C26H22F6N6O3/c27-25(28,29)20-9-10-38(37-20)19-4-2-1-3-17(19)22(26(30,31)32)41-21-11-18(35-23(33)36-21)16-7-5-15(6-8-16)12-24(34,13-39)14-40/h1-11,13,22,40H,12,14,34H2,(H2,33,35,36). The fraction of sp³-hybridized carbons (Fsp3) is 0.231. The van der Waals surface area contributed by atoms with E-state index in [9.17, 15) is 36.2 Å². The fourth-order valence-electron chi connectivity index (χ4n) is 3.91. The number of benzene rings is 2. The van der Waals surface area contributed by atoms with Crippen LogP contribution >= 0.6 is 0 Å². The van der Waals surface area contributed by atoms with Gasteiger partial charge < -0.3 is 26.1 Å². The maximum absolute atomic E-state index is 14.3. The van der Waals surface area contributed by atoms with Gasteiger partial charge in [-0.25, -0.2) is 9.67 Å². The summed E-state index contributed by atoms with van der Waals surface area (Å²) >= 11 is 0. The molecule has 9 nitrogen and oxygen atoms in total. The third-order valence-corrected chi connectivity index (χ3v) is 5.91. The van der Waals surface area contributed by atoms with Crippen LogP contribution in [-0.2, 0) is 17.4 Å². The third kappa shape index (κ3) is 6.81. The van der Waals surface area contributed by atoms with Crippen LogP contribution in [-0.4, -0.2) is 49.5 Å². The number of nitrogen functional groups attached to an aromatic ring is 1. The second kappa shape index (κ2) is 11.2. The van der Waals surface area contributed by atoms with Crippen molar-refractivity contribution in [1.82, 2.24) is 19.7 Å². The minimum atomic E-state index is -5.03. The van der Waals surface area contributed by atoms with Gasteiger partial charge in [0.2, 0.25) is 17.9 Å². The number of hydrogen-bond donors (Lipinski definition) is 3. The summed E-state index contributed by atoms with van der Waals surface area (Å²) in [4.78, 5) is 19.0. The zero-order chi connectivity index (χ0) is 30.0. The summed E-state index contributed by atoms with van der Waals surface area (Å²) in [7, 11) is 0. The molecule has 0 spiro atoms. The van der Waals surface area contributed by atoms with E-state index in [0.29, 0.717) is 28.2 Å². The van der Waals surface area contributed by atoms with Crippen molar-refractivity contribution in [1.29, 1.82) is 0 Å².